The monoisotopic (exact) mass is 283 g/mol. The fraction of sp³-hybridized carbons (Fsp3) is 0.615. The van der Waals surface area contributed by atoms with Gasteiger partial charge < -0.3 is 14.6 Å². The van der Waals surface area contributed by atoms with Gasteiger partial charge in [0.1, 0.15) is 5.76 Å². The molecule has 1 aliphatic heterocycles. The highest BCUT2D eigenvalue weighted by Crippen LogP contribution is 2.17. The summed E-state index contributed by atoms with van der Waals surface area (Å²) in [5.74, 6) is 2.94. The summed E-state index contributed by atoms with van der Waals surface area (Å²) >= 11 is 1.90. The number of furan rings is 1. The predicted molar refractivity (Wildman–Crippen MR) is 77.4 cm³/mol. The first-order valence-corrected chi connectivity index (χ1v) is 7.64. The lowest BCUT2D eigenvalue weighted by atomic mass is 10.2. The van der Waals surface area contributed by atoms with E-state index in [1.807, 2.05) is 47.8 Å². The lowest BCUT2D eigenvalue weighted by molar-refractivity contribution is 0.194. The molecule has 1 saturated heterocycles. The molecule has 1 aliphatic rings. The fourth-order valence-corrected chi connectivity index (χ4v) is 2.98. The van der Waals surface area contributed by atoms with E-state index in [9.17, 15) is 4.79 Å². The third-order valence-corrected chi connectivity index (χ3v) is 4.18. The van der Waals surface area contributed by atoms with E-state index in [-0.39, 0.29) is 12.1 Å². The number of nitrogens with one attached hydrogen (secondary N) is 1. The highest BCUT2D eigenvalue weighted by molar-refractivity contribution is 7.99. The highest BCUT2D eigenvalue weighted by atomic mass is 32.2. The number of nitrogens with zero attached hydrogens (tertiary/aromatic N) is 2. The number of hydrogen-bond acceptors (Lipinski definition) is 4. The van der Waals surface area contributed by atoms with Crippen molar-refractivity contribution in [2.24, 2.45) is 0 Å². The van der Waals surface area contributed by atoms with Crippen LogP contribution in [0.3, 0.4) is 0 Å². The molecule has 1 N–H and O–H groups in total. The minimum Gasteiger partial charge on any atom is -0.468 e. The van der Waals surface area contributed by atoms with Crippen LogP contribution in [0.2, 0.25) is 0 Å². The Kier molecular flexibility index (Phi) is 5.15. The normalized spacial score (nSPS) is 17.5. The van der Waals surface area contributed by atoms with Crippen LogP contribution in [0.1, 0.15) is 11.8 Å². The molecule has 1 atom stereocenters. The van der Waals surface area contributed by atoms with Crippen molar-refractivity contribution in [2.45, 2.75) is 6.04 Å². The van der Waals surface area contributed by atoms with Crippen LogP contribution in [0.15, 0.2) is 22.8 Å². The molecule has 5 nitrogen and oxygen atoms in total. The number of carbonyl (C=O) groups excluding carboxylic acids is 1. The summed E-state index contributed by atoms with van der Waals surface area (Å²) in [6.07, 6.45) is 1.66. The van der Waals surface area contributed by atoms with Gasteiger partial charge in [-0.15, -0.1) is 0 Å². The molecule has 0 saturated carbocycles. The van der Waals surface area contributed by atoms with Gasteiger partial charge in [-0.1, -0.05) is 0 Å². The van der Waals surface area contributed by atoms with Gasteiger partial charge in [-0.3, -0.25) is 4.90 Å². The molecule has 0 spiro atoms. The van der Waals surface area contributed by atoms with E-state index in [1.165, 1.54) is 0 Å². The second-order valence-corrected chi connectivity index (χ2v) is 6.01. The molecule has 0 aromatic carbocycles. The summed E-state index contributed by atoms with van der Waals surface area (Å²) in [4.78, 5) is 16.0. The number of carbonyl (C=O) groups is 1. The van der Waals surface area contributed by atoms with Crippen molar-refractivity contribution >= 4 is 17.8 Å². The zero-order valence-corrected chi connectivity index (χ0v) is 12.3. The van der Waals surface area contributed by atoms with E-state index < -0.39 is 0 Å². The average Bonchev–Trinajstić information content (AvgIpc) is 2.93. The van der Waals surface area contributed by atoms with E-state index in [0.717, 1.165) is 30.4 Å². The van der Waals surface area contributed by atoms with Gasteiger partial charge in [0.2, 0.25) is 0 Å². The molecule has 1 fully saturated rings. The molecule has 106 valence electrons. The molecule has 0 aliphatic carbocycles. The smallest absolute Gasteiger partial charge is 0.317 e. The quantitative estimate of drug-likeness (QED) is 0.912. The third kappa shape index (κ3) is 3.91. The van der Waals surface area contributed by atoms with Crippen LogP contribution in [0.5, 0.6) is 0 Å². The van der Waals surface area contributed by atoms with E-state index in [4.69, 9.17) is 4.42 Å². The van der Waals surface area contributed by atoms with E-state index in [2.05, 4.69) is 5.32 Å². The van der Waals surface area contributed by atoms with Crippen LogP contribution >= 0.6 is 11.8 Å². The van der Waals surface area contributed by atoms with Crippen molar-refractivity contribution in [3.8, 4) is 0 Å². The Labute approximate surface area is 118 Å². The van der Waals surface area contributed by atoms with Crippen LogP contribution in [-0.4, -0.2) is 61.1 Å². The van der Waals surface area contributed by atoms with Crippen molar-refractivity contribution in [1.29, 1.82) is 0 Å². The van der Waals surface area contributed by atoms with Crippen molar-refractivity contribution in [3.63, 3.8) is 0 Å². The van der Waals surface area contributed by atoms with Gasteiger partial charge in [-0.2, -0.15) is 11.8 Å². The summed E-state index contributed by atoms with van der Waals surface area (Å²) in [6, 6.07) is 3.90. The van der Waals surface area contributed by atoms with Crippen molar-refractivity contribution in [3.05, 3.63) is 24.2 Å². The number of hydrogen-bond donors (Lipinski definition) is 1. The Hall–Kier alpha value is -1.14. The summed E-state index contributed by atoms with van der Waals surface area (Å²) < 4.78 is 5.42. The standard InChI is InChI=1S/C13H21N3O2S/c1-15(2)11(12-4-3-7-18-12)10-14-13(17)16-5-8-19-9-6-16/h3-4,7,11H,5-6,8-10H2,1-2H3,(H,14,17)/t11-/m0/s1. The molecule has 0 radical (unpaired) electrons. The zero-order chi connectivity index (χ0) is 13.7. The maximum absolute atomic E-state index is 12.1. The molecule has 6 heteroatoms. The molecular weight excluding hydrogens is 262 g/mol. The molecule has 0 bridgehead atoms. The number of rotatable bonds is 4. The van der Waals surface area contributed by atoms with Crippen LogP contribution in [0.4, 0.5) is 4.79 Å². The van der Waals surface area contributed by atoms with Crippen LogP contribution in [0, 0.1) is 0 Å². The van der Waals surface area contributed by atoms with Crippen molar-refractivity contribution in [2.75, 3.05) is 45.2 Å². The zero-order valence-electron chi connectivity index (χ0n) is 11.5. The van der Waals surface area contributed by atoms with Crippen molar-refractivity contribution < 1.29 is 9.21 Å². The molecule has 2 heterocycles. The van der Waals surface area contributed by atoms with Crippen LogP contribution in [0.25, 0.3) is 0 Å². The third-order valence-electron chi connectivity index (χ3n) is 3.24. The van der Waals surface area contributed by atoms with Crippen molar-refractivity contribution in [1.82, 2.24) is 15.1 Å². The van der Waals surface area contributed by atoms with Crippen LogP contribution in [-0.2, 0) is 0 Å². The Bertz CT molecular complexity index is 389. The predicted octanol–water partition coefficient (Wildman–Crippen LogP) is 1.64. The Morgan fingerprint density at radius 3 is 2.84 bits per heavy atom. The number of thioether (sulfide) groups is 1. The minimum absolute atomic E-state index is 0.0266. The van der Waals surface area contributed by atoms with Gasteiger partial charge >= 0.3 is 6.03 Å². The van der Waals surface area contributed by atoms with Gasteiger partial charge in [0.15, 0.2) is 0 Å². The maximum Gasteiger partial charge on any atom is 0.317 e. The fourth-order valence-electron chi connectivity index (χ4n) is 2.08. The second-order valence-electron chi connectivity index (χ2n) is 4.78. The first-order chi connectivity index (χ1) is 9.18. The number of amides is 2. The lowest BCUT2D eigenvalue weighted by Crippen LogP contribution is -2.46. The number of urea groups is 1. The first kappa shape index (κ1) is 14.3. The number of likely N-dealkylation sites (N-methyl/N-ethyl adjacent to an activating group) is 1. The minimum atomic E-state index is 0.0266. The van der Waals surface area contributed by atoms with E-state index >= 15 is 0 Å². The lowest BCUT2D eigenvalue weighted by Gasteiger charge is -2.28. The molecule has 2 amide bonds. The summed E-state index contributed by atoms with van der Waals surface area (Å²) in [5, 5.41) is 3.00. The average molecular weight is 283 g/mol. The molecule has 0 unspecified atom stereocenters. The second kappa shape index (κ2) is 6.86. The van der Waals surface area contributed by atoms with Gasteiger partial charge in [0.05, 0.1) is 12.3 Å². The Morgan fingerprint density at radius 1 is 1.53 bits per heavy atom. The summed E-state index contributed by atoms with van der Waals surface area (Å²) in [5.41, 5.74) is 0. The molecule has 1 aromatic heterocycles. The van der Waals surface area contributed by atoms with Gasteiger partial charge in [0.25, 0.3) is 0 Å². The maximum atomic E-state index is 12.1. The molecule has 1 aromatic rings. The Morgan fingerprint density at radius 2 is 2.26 bits per heavy atom. The molecule has 19 heavy (non-hydrogen) atoms. The largest absolute Gasteiger partial charge is 0.468 e. The SMILES string of the molecule is CN(C)[C@@H](CNC(=O)N1CCSCC1)c1ccco1. The summed E-state index contributed by atoms with van der Waals surface area (Å²) in [7, 11) is 3.97. The first-order valence-electron chi connectivity index (χ1n) is 6.49. The van der Waals surface area contributed by atoms with Crippen LogP contribution < -0.4 is 5.32 Å². The van der Waals surface area contributed by atoms with E-state index in [0.29, 0.717) is 6.54 Å². The Balaban J connectivity index is 1.86. The van der Waals surface area contributed by atoms with E-state index in [1.54, 1.807) is 6.26 Å². The molecule has 2 rings (SSSR count). The summed E-state index contributed by atoms with van der Waals surface area (Å²) in [6.45, 7) is 2.23. The molecular formula is C13H21N3O2S. The van der Waals surface area contributed by atoms with Gasteiger partial charge in [0, 0.05) is 31.1 Å². The van der Waals surface area contributed by atoms with Gasteiger partial charge in [-0.25, -0.2) is 4.79 Å². The highest BCUT2D eigenvalue weighted by Gasteiger charge is 2.21. The topological polar surface area (TPSA) is 48.7 Å². The van der Waals surface area contributed by atoms with Gasteiger partial charge in [-0.05, 0) is 26.2 Å².